The fourth-order valence-corrected chi connectivity index (χ4v) is 1.16. The molecule has 0 saturated carbocycles. The van der Waals surface area contributed by atoms with E-state index >= 15 is 0 Å². The third-order valence-electron chi connectivity index (χ3n) is 1.71. The summed E-state index contributed by atoms with van der Waals surface area (Å²) in [4.78, 5) is 11.1. The number of imidazole rings is 1. The molecule has 0 spiro atoms. The molecule has 3 aromatic heterocycles. The zero-order chi connectivity index (χ0) is 7.97. The third kappa shape index (κ3) is 0.541. The Morgan fingerprint density at radius 3 is 3.25 bits per heavy atom. The van der Waals surface area contributed by atoms with E-state index in [1.807, 2.05) is 0 Å². The Kier molecular flexibility index (Phi) is 0.840. The monoisotopic (exact) mass is 160 g/mol. The van der Waals surface area contributed by atoms with Crippen molar-refractivity contribution in [1.82, 2.24) is 29.8 Å². The van der Waals surface area contributed by atoms with Crippen LogP contribution in [0.2, 0.25) is 0 Å². The Hall–Kier alpha value is -1.98. The van der Waals surface area contributed by atoms with Crippen molar-refractivity contribution in [3.63, 3.8) is 0 Å². The van der Waals surface area contributed by atoms with E-state index in [9.17, 15) is 0 Å². The van der Waals surface area contributed by atoms with E-state index in [1.54, 1.807) is 23.2 Å². The van der Waals surface area contributed by atoms with Crippen LogP contribution in [0.4, 0.5) is 0 Å². The molecule has 0 amide bonds. The maximum absolute atomic E-state index is 4.11. The van der Waals surface area contributed by atoms with E-state index < -0.39 is 0 Å². The molecule has 1 N–H and O–H groups in total. The Bertz CT molecular complexity index is 485. The minimum absolute atomic E-state index is 0.703. The second-order valence-electron chi connectivity index (χ2n) is 2.40. The number of hydrogen-bond donors (Lipinski definition) is 1. The number of hydrogen-bond acceptors (Lipinski definition) is 4. The molecule has 6 heteroatoms. The number of fused-ring (bicyclic) bond motifs is 3. The summed E-state index contributed by atoms with van der Waals surface area (Å²) in [5.41, 5.74) is 2.31. The summed E-state index contributed by atoms with van der Waals surface area (Å²) in [5.74, 6) is 0. The van der Waals surface area contributed by atoms with Gasteiger partial charge in [-0.2, -0.15) is 4.52 Å². The maximum atomic E-state index is 4.11. The van der Waals surface area contributed by atoms with Gasteiger partial charge in [0.15, 0.2) is 11.3 Å². The molecule has 0 aliphatic rings. The van der Waals surface area contributed by atoms with Crippen LogP contribution in [0.1, 0.15) is 0 Å². The average molecular weight is 160 g/mol. The van der Waals surface area contributed by atoms with E-state index in [1.165, 1.54) is 0 Å². The van der Waals surface area contributed by atoms with Gasteiger partial charge in [-0.1, -0.05) is 5.21 Å². The molecule has 3 rings (SSSR count). The highest BCUT2D eigenvalue weighted by molar-refractivity contribution is 5.71. The highest BCUT2D eigenvalue weighted by Gasteiger charge is 2.02. The van der Waals surface area contributed by atoms with Crippen LogP contribution in [0, 0.1) is 0 Å². The lowest BCUT2D eigenvalue weighted by Crippen LogP contribution is -1.91. The standard InChI is InChI=1S/C6H4N6/c1-4-6(9-3-8-4)12-5(7-1)2-10-11-12/h1-3H,(H,8,9). The van der Waals surface area contributed by atoms with Crippen molar-refractivity contribution in [2.75, 3.05) is 0 Å². The number of nitrogens with one attached hydrogen (secondary N) is 1. The van der Waals surface area contributed by atoms with Crippen molar-refractivity contribution >= 4 is 16.8 Å². The van der Waals surface area contributed by atoms with Crippen LogP contribution < -0.4 is 0 Å². The van der Waals surface area contributed by atoms with Gasteiger partial charge in [0.05, 0.1) is 18.7 Å². The summed E-state index contributed by atoms with van der Waals surface area (Å²) in [6.07, 6.45) is 4.91. The zero-order valence-corrected chi connectivity index (χ0v) is 5.97. The zero-order valence-electron chi connectivity index (χ0n) is 5.97. The minimum atomic E-state index is 0.703. The molecule has 0 aromatic carbocycles. The fraction of sp³-hybridized carbons (Fsp3) is 0. The maximum Gasteiger partial charge on any atom is 0.184 e. The molecule has 0 fully saturated rings. The smallest absolute Gasteiger partial charge is 0.184 e. The minimum Gasteiger partial charge on any atom is -0.342 e. The van der Waals surface area contributed by atoms with Gasteiger partial charge in [0.1, 0.15) is 5.52 Å². The second-order valence-corrected chi connectivity index (χ2v) is 2.40. The van der Waals surface area contributed by atoms with Crippen LogP contribution >= 0.6 is 0 Å². The van der Waals surface area contributed by atoms with Crippen LogP contribution in [0.5, 0.6) is 0 Å². The van der Waals surface area contributed by atoms with Gasteiger partial charge in [-0.25, -0.2) is 9.97 Å². The second kappa shape index (κ2) is 1.79. The predicted molar refractivity (Wildman–Crippen MR) is 40.4 cm³/mol. The van der Waals surface area contributed by atoms with Gasteiger partial charge < -0.3 is 4.98 Å². The lowest BCUT2D eigenvalue weighted by Gasteiger charge is -1.89. The Morgan fingerprint density at radius 1 is 1.25 bits per heavy atom. The first-order chi connectivity index (χ1) is 5.95. The molecule has 3 aromatic rings. The average Bonchev–Trinajstić information content (AvgIpc) is 2.71. The molecule has 0 aliphatic carbocycles. The van der Waals surface area contributed by atoms with Crippen LogP contribution in [0.3, 0.4) is 0 Å². The van der Waals surface area contributed by atoms with Crippen molar-refractivity contribution in [2.45, 2.75) is 0 Å². The summed E-state index contributed by atoms with van der Waals surface area (Å²) < 4.78 is 1.59. The summed E-state index contributed by atoms with van der Waals surface area (Å²) >= 11 is 0. The van der Waals surface area contributed by atoms with Gasteiger partial charge in [0.25, 0.3) is 0 Å². The highest BCUT2D eigenvalue weighted by atomic mass is 15.4. The van der Waals surface area contributed by atoms with Crippen LogP contribution in [-0.4, -0.2) is 29.8 Å². The number of aromatic amines is 1. The molecule has 0 unspecified atom stereocenters. The van der Waals surface area contributed by atoms with Crippen molar-refractivity contribution in [3.05, 3.63) is 18.7 Å². The molecular formula is C6H4N6. The first-order valence-corrected chi connectivity index (χ1v) is 3.44. The summed E-state index contributed by atoms with van der Waals surface area (Å²) in [6, 6.07) is 0. The third-order valence-corrected chi connectivity index (χ3v) is 1.71. The molecular weight excluding hydrogens is 156 g/mol. The van der Waals surface area contributed by atoms with Crippen molar-refractivity contribution in [3.8, 4) is 0 Å². The normalized spacial score (nSPS) is 11.3. The van der Waals surface area contributed by atoms with E-state index in [4.69, 9.17) is 0 Å². The van der Waals surface area contributed by atoms with E-state index in [0.717, 1.165) is 11.2 Å². The van der Waals surface area contributed by atoms with Gasteiger partial charge in [-0.3, -0.25) is 0 Å². The lowest BCUT2D eigenvalue weighted by molar-refractivity contribution is 0.867. The van der Waals surface area contributed by atoms with Crippen LogP contribution in [0.25, 0.3) is 16.8 Å². The predicted octanol–water partition coefficient (Wildman–Crippen LogP) is 0.000600. The molecule has 0 radical (unpaired) electrons. The number of nitrogens with zero attached hydrogens (tertiary/aromatic N) is 5. The number of H-pyrrole nitrogens is 1. The largest absolute Gasteiger partial charge is 0.342 e. The molecule has 12 heavy (non-hydrogen) atoms. The summed E-state index contributed by atoms with van der Waals surface area (Å²) in [7, 11) is 0. The molecule has 0 aliphatic heterocycles. The molecule has 6 nitrogen and oxygen atoms in total. The molecule has 0 atom stereocenters. The van der Waals surface area contributed by atoms with Crippen molar-refractivity contribution < 1.29 is 0 Å². The Morgan fingerprint density at radius 2 is 2.25 bits per heavy atom. The highest BCUT2D eigenvalue weighted by Crippen LogP contribution is 2.07. The van der Waals surface area contributed by atoms with E-state index in [2.05, 4.69) is 25.3 Å². The SMILES string of the molecule is c1nc2c(cnc3cnnn32)[nH]1. The van der Waals surface area contributed by atoms with Gasteiger partial charge in [0, 0.05) is 0 Å². The van der Waals surface area contributed by atoms with Gasteiger partial charge in [-0.05, 0) is 0 Å². The number of rotatable bonds is 0. The van der Waals surface area contributed by atoms with Gasteiger partial charge in [0.2, 0.25) is 0 Å². The number of aromatic nitrogens is 6. The summed E-state index contributed by atoms with van der Waals surface area (Å²) in [5, 5.41) is 7.57. The quantitative estimate of drug-likeness (QED) is 0.502. The molecule has 58 valence electrons. The molecule has 0 saturated heterocycles. The van der Waals surface area contributed by atoms with Crippen LogP contribution in [-0.2, 0) is 0 Å². The van der Waals surface area contributed by atoms with E-state index in [0.29, 0.717) is 5.65 Å². The van der Waals surface area contributed by atoms with Crippen LogP contribution in [0.15, 0.2) is 18.7 Å². The van der Waals surface area contributed by atoms with Gasteiger partial charge >= 0.3 is 0 Å². The fourth-order valence-electron chi connectivity index (χ4n) is 1.16. The van der Waals surface area contributed by atoms with Crippen molar-refractivity contribution in [2.24, 2.45) is 0 Å². The molecule has 3 heterocycles. The van der Waals surface area contributed by atoms with Crippen molar-refractivity contribution in [1.29, 1.82) is 0 Å². The lowest BCUT2D eigenvalue weighted by atomic mass is 10.5. The summed E-state index contributed by atoms with van der Waals surface area (Å²) in [6.45, 7) is 0. The Balaban J connectivity index is 2.71. The molecule has 0 bridgehead atoms. The topological polar surface area (TPSA) is 71.8 Å². The first-order valence-electron chi connectivity index (χ1n) is 3.44. The first kappa shape index (κ1) is 5.64. The van der Waals surface area contributed by atoms with E-state index in [-0.39, 0.29) is 0 Å². The van der Waals surface area contributed by atoms with Gasteiger partial charge in [-0.15, -0.1) is 5.10 Å². The Labute approximate surface area is 66.3 Å².